The normalized spacial score (nSPS) is 11.4. The lowest BCUT2D eigenvalue weighted by Crippen LogP contribution is -2.27. The number of nitrogens with zero attached hydrogens (tertiary/aromatic N) is 4. The maximum absolute atomic E-state index is 13.7. The Labute approximate surface area is 166 Å². The smallest absolute Gasteiger partial charge is 0.270 e. The van der Waals surface area contributed by atoms with Gasteiger partial charge < -0.3 is 4.74 Å². The molecule has 7 nitrogen and oxygen atoms in total. The molecule has 9 heteroatoms. The maximum Gasteiger partial charge on any atom is 0.270 e. The average molecular weight is 410 g/mol. The van der Waals surface area contributed by atoms with Gasteiger partial charge in [0.2, 0.25) is 0 Å². The van der Waals surface area contributed by atoms with Crippen molar-refractivity contribution in [1.82, 2.24) is 15.0 Å². The number of rotatable bonds is 5. The Balaban J connectivity index is 1.95. The lowest BCUT2D eigenvalue weighted by atomic mass is 10.2. The van der Waals surface area contributed by atoms with Crippen molar-refractivity contribution in [3.63, 3.8) is 0 Å². The zero-order chi connectivity index (χ0) is 20.4. The number of ether oxygens (including phenoxy) is 1. The molecule has 4 rings (SSSR count). The van der Waals surface area contributed by atoms with Crippen LogP contribution in [-0.2, 0) is 10.0 Å². The van der Waals surface area contributed by atoms with Crippen LogP contribution in [0.4, 0.5) is 15.9 Å². The fraction of sp³-hybridized carbons (Fsp3) is 0.0500. The summed E-state index contributed by atoms with van der Waals surface area (Å²) in [7, 11) is -2.78. The van der Waals surface area contributed by atoms with Crippen LogP contribution in [0.5, 0.6) is 5.75 Å². The van der Waals surface area contributed by atoms with Crippen molar-refractivity contribution in [3.8, 4) is 5.75 Å². The van der Waals surface area contributed by atoms with Crippen LogP contribution in [0, 0.1) is 5.82 Å². The fourth-order valence-corrected chi connectivity index (χ4v) is 4.42. The fourth-order valence-electron chi connectivity index (χ4n) is 2.93. The van der Waals surface area contributed by atoms with Gasteiger partial charge in [0.25, 0.3) is 10.0 Å². The molecule has 0 saturated carbocycles. The molecule has 0 amide bonds. The van der Waals surface area contributed by atoms with E-state index in [2.05, 4.69) is 15.0 Å². The predicted octanol–water partition coefficient (Wildman–Crippen LogP) is 3.70. The molecule has 0 aliphatic rings. The third kappa shape index (κ3) is 3.47. The molecule has 0 aliphatic heterocycles. The topological polar surface area (TPSA) is 85.3 Å². The van der Waals surface area contributed by atoms with E-state index in [-0.39, 0.29) is 22.2 Å². The van der Waals surface area contributed by atoms with Gasteiger partial charge in [-0.15, -0.1) is 0 Å². The number of methoxy groups -OCH3 is 1. The molecule has 0 fully saturated rings. The Bertz CT molecular complexity index is 1280. The molecule has 146 valence electrons. The van der Waals surface area contributed by atoms with E-state index in [1.807, 2.05) is 0 Å². The number of hydrogen-bond donors (Lipinski definition) is 0. The Hall–Kier alpha value is -3.59. The number of halogens is 1. The summed E-state index contributed by atoms with van der Waals surface area (Å²) < 4.78 is 47.2. The summed E-state index contributed by atoms with van der Waals surface area (Å²) in [4.78, 5) is 12.0. The van der Waals surface area contributed by atoms with Crippen LogP contribution in [0.3, 0.4) is 0 Å². The molecular formula is C20H15FN4O3S. The van der Waals surface area contributed by atoms with Gasteiger partial charge in [-0.1, -0.05) is 6.07 Å². The van der Waals surface area contributed by atoms with Crippen molar-refractivity contribution in [2.45, 2.75) is 4.90 Å². The van der Waals surface area contributed by atoms with Crippen molar-refractivity contribution in [1.29, 1.82) is 0 Å². The van der Waals surface area contributed by atoms with E-state index in [4.69, 9.17) is 4.74 Å². The van der Waals surface area contributed by atoms with E-state index in [0.29, 0.717) is 0 Å². The second-order valence-corrected chi connectivity index (χ2v) is 7.82. The lowest BCUT2D eigenvalue weighted by molar-refractivity contribution is 0.412. The van der Waals surface area contributed by atoms with Gasteiger partial charge in [0.1, 0.15) is 23.6 Å². The van der Waals surface area contributed by atoms with E-state index in [1.165, 1.54) is 37.8 Å². The summed E-state index contributed by atoms with van der Waals surface area (Å²) in [6.45, 7) is 0. The molecule has 4 aromatic rings. The summed E-state index contributed by atoms with van der Waals surface area (Å²) in [5, 5.41) is 1.52. The van der Waals surface area contributed by atoms with Crippen molar-refractivity contribution < 1.29 is 17.5 Å². The first kappa shape index (κ1) is 18.8. The first-order valence-electron chi connectivity index (χ1n) is 8.49. The van der Waals surface area contributed by atoms with Gasteiger partial charge in [-0.25, -0.2) is 27.1 Å². The van der Waals surface area contributed by atoms with E-state index in [0.717, 1.165) is 27.2 Å². The van der Waals surface area contributed by atoms with Crippen LogP contribution >= 0.6 is 0 Å². The molecule has 29 heavy (non-hydrogen) atoms. The largest absolute Gasteiger partial charge is 0.494 e. The zero-order valence-electron chi connectivity index (χ0n) is 15.2. The molecule has 0 aliphatic carbocycles. The quantitative estimate of drug-likeness (QED) is 0.499. The second kappa shape index (κ2) is 7.44. The molecule has 0 unspecified atom stereocenters. The Kier molecular flexibility index (Phi) is 4.81. The SMILES string of the molecule is COc1cc(F)ccc1N(c1ccncn1)S(=O)(=O)c1ccc2cnccc2c1. The Morgan fingerprint density at radius 3 is 2.55 bits per heavy atom. The van der Waals surface area contributed by atoms with Crippen LogP contribution in [0.2, 0.25) is 0 Å². The van der Waals surface area contributed by atoms with Crippen molar-refractivity contribution in [3.05, 3.63) is 79.3 Å². The molecule has 0 radical (unpaired) electrons. The van der Waals surface area contributed by atoms with E-state index in [9.17, 15) is 12.8 Å². The minimum Gasteiger partial charge on any atom is -0.494 e. The summed E-state index contributed by atoms with van der Waals surface area (Å²) in [6, 6.07) is 11.5. The standard InChI is InChI=1S/C20H15FN4O3S/c1-28-19-11-16(21)3-5-18(19)25(20-7-9-23-13-24-20)29(26,27)17-4-2-15-12-22-8-6-14(15)10-17/h2-13H,1H3. The number of anilines is 2. The summed E-state index contributed by atoms with van der Waals surface area (Å²) in [6.07, 6.45) is 5.90. The predicted molar refractivity (Wildman–Crippen MR) is 106 cm³/mol. The summed E-state index contributed by atoms with van der Waals surface area (Å²) in [5.74, 6) is -0.402. The minimum absolute atomic E-state index is 0.0428. The molecule has 0 atom stereocenters. The molecule has 2 aromatic carbocycles. The Morgan fingerprint density at radius 1 is 0.966 bits per heavy atom. The van der Waals surface area contributed by atoms with Crippen LogP contribution in [0.25, 0.3) is 10.8 Å². The summed E-state index contributed by atoms with van der Waals surface area (Å²) in [5.41, 5.74) is 0.127. The monoisotopic (exact) mass is 410 g/mol. The van der Waals surface area contributed by atoms with Gasteiger partial charge in [-0.2, -0.15) is 0 Å². The van der Waals surface area contributed by atoms with Crippen LogP contribution in [0.1, 0.15) is 0 Å². The summed E-state index contributed by atoms with van der Waals surface area (Å²) >= 11 is 0. The van der Waals surface area contributed by atoms with Gasteiger partial charge in [0.15, 0.2) is 5.82 Å². The molecule has 0 bridgehead atoms. The Morgan fingerprint density at radius 2 is 1.79 bits per heavy atom. The van der Waals surface area contributed by atoms with Crippen molar-refractivity contribution in [2.75, 3.05) is 11.4 Å². The number of pyridine rings is 1. The van der Waals surface area contributed by atoms with Crippen molar-refractivity contribution in [2.24, 2.45) is 0 Å². The lowest BCUT2D eigenvalue weighted by Gasteiger charge is -2.25. The second-order valence-electron chi connectivity index (χ2n) is 6.04. The minimum atomic E-state index is -4.12. The van der Waals surface area contributed by atoms with Gasteiger partial charge in [-0.3, -0.25) is 4.98 Å². The zero-order valence-corrected chi connectivity index (χ0v) is 16.0. The highest BCUT2D eigenvalue weighted by Gasteiger charge is 2.30. The maximum atomic E-state index is 13.7. The number of aromatic nitrogens is 3. The first-order chi connectivity index (χ1) is 14.0. The van der Waals surface area contributed by atoms with Crippen LogP contribution in [0.15, 0.2) is 78.3 Å². The number of benzene rings is 2. The van der Waals surface area contributed by atoms with Gasteiger partial charge in [-0.05, 0) is 35.7 Å². The van der Waals surface area contributed by atoms with E-state index >= 15 is 0 Å². The highest BCUT2D eigenvalue weighted by Crippen LogP contribution is 2.38. The first-order valence-corrected chi connectivity index (χ1v) is 9.93. The van der Waals surface area contributed by atoms with Gasteiger partial charge in [0.05, 0.1) is 12.0 Å². The highest BCUT2D eigenvalue weighted by atomic mass is 32.2. The molecule has 0 saturated heterocycles. The molecule has 0 N–H and O–H groups in total. The van der Waals surface area contributed by atoms with E-state index in [1.54, 1.807) is 30.6 Å². The molecular weight excluding hydrogens is 395 g/mol. The van der Waals surface area contributed by atoms with Crippen molar-refractivity contribution >= 4 is 32.3 Å². The molecule has 2 aromatic heterocycles. The number of fused-ring (bicyclic) bond motifs is 1. The van der Waals surface area contributed by atoms with Crippen LogP contribution < -0.4 is 9.04 Å². The van der Waals surface area contributed by atoms with E-state index < -0.39 is 15.8 Å². The van der Waals surface area contributed by atoms with Crippen LogP contribution in [-0.4, -0.2) is 30.5 Å². The average Bonchev–Trinajstić information content (AvgIpc) is 2.75. The number of hydrogen-bond acceptors (Lipinski definition) is 6. The number of sulfonamides is 1. The van der Waals surface area contributed by atoms with Gasteiger partial charge in [0, 0.05) is 36.1 Å². The van der Waals surface area contributed by atoms with Gasteiger partial charge >= 0.3 is 0 Å². The highest BCUT2D eigenvalue weighted by molar-refractivity contribution is 7.93. The molecule has 2 heterocycles. The molecule has 0 spiro atoms. The third-order valence-corrected chi connectivity index (χ3v) is 6.00. The third-order valence-electron chi connectivity index (χ3n) is 4.29.